The van der Waals surface area contributed by atoms with Gasteiger partial charge in [-0.1, -0.05) is 46.0 Å². The molecular weight excluding hydrogens is 186 g/mol. The highest BCUT2D eigenvalue weighted by molar-refractivity contribution is 4.66. The van der Waals surface area contributed by atoms with Gasteiger partial charge in [-0.05, 0) is 25.2 Å². The number of unbranched alkanes of at least 4 members (excludes halogenated alkanes) is 1. The second-order valence-corrected chi connectivity index (χ2v) is 4.79. The van der Waals surface area contributed by atoms with Gasteiger partial charge in [0, 0.05) is 6.54 Å². The number of nitrogens with one attached hydrogen (secondary N) is 1. The van der Waals surface area contributed by atoms with Crippen LogP contribution in [0.4, 0.5) is 0 Å². The smallest absolute Gasteiger partial charge is 0.0790 e. The summed E-state index contributed by atoms with van der Waals surface area (Å²) in [6, 6.07) is 0. The Kier molecular flexibility index (Phi) is 7.03. The highest BCUT2D eigenvalue weighted by Gasteiger charge is 2.15. The third-order valence-corrected chi connectivity index (χ3v) is 3.47. The number of hydrogen-bond acceptors (Lipinski definition) is 2. The molecule has 1 fully saturated rings. The van der Waals surface area contributed by atoms with Crippen molar-refractivity contribution in [3.63, 3.8) is 0 Å². The molecule has 0 amide bonds. The Bertz CT molecular complexity index is 143. The summed E-state index contributed by atoms with van der Waals surface area (Å²) in [5, 5.41) is 0. The molecule has 1 aliphatic rings. The summed E-state index contributed by atoms with van der Waals surface area (Å²) in [4.78, 5) is 5.67. The van der Waals surface area contributed by atoms with Crippen molar-refractivity contribution in [1.82, 2.24) is 5.48 Å². The van der Waals surface area contributed by atoms with Crippen LogP contribution in [0, 0.1) is 5.92 Å². The fourth-order valence-electron chi connectivity index (χ4n) is 2.23. The Morgan fingerprint density at radius 1 is 1.27 bits per heavy atom. The molecule has 0 aromatic carbocycles. The van der Waals surface area contributed by atoms with E-state index in [0.29, 0.717) is 6.10 Å². The van der Waals surface area contributed by atoms with E-state index < -0.39 is 0 Å². The molecule has 0 aliphatic heterocycles. The maximum atomic E-state index is 5.67. The van der Waals surface area contributed by atoms with Gasteiger partial charge in [-0.2, -0.15) is 0 Å². The van der Waals surface area contributed by atoms with Crippen molar-refractivity contribution in [3.05, 3.63) is 0 Å². The molecule has 1 saturated carbocycles. The van der Waals surface area contributed by atoms with Gasteiger partial charge < -0.3 is 0 Å². The van der Waals surface area contributed by atoms with Gasteiger partial charge in [0.1, 0.15) is 0 Å². The van der Waals surface area contributed by atoms with Gasteiger partial charge in [-0.15, -0.1) is 0 Å². The lowest BCUT2D eigenvalue weighted by atomic mass is 10.00. The molecule has 1 rings (SSSR count). The lowest BCUT2D eigenvalue weighted by molar-refractivity contribution is -0.0274. The van der Waals surface area contributed by atoms with Crippen LogP contribution in [0.15, 0.2) is 0 Å². The molecule has 0 aromatic heterocycles. The van der Waals surface area contributed by atoms with E-state index in [4.69, 9.17) is 4.84 Å². The van der Waals surface area contributed by atoms with Crippen LogP contribution < -0.4 is 5.48 Å². The average molecular weight is 213 g/mol. The molecule has 1 unspecified atom stereocenters. The summed E-state index contributed by atoms with van der Waals surface area (Å²) < 4.78 is 0. The summed E-state index contributed by atoms with van der Waals surface area (Å²) in [5.74, 6) is 0.798. The Hall–Kier alpha value is -0.0800. The minimum absolute atomic E-state index is 0.494. The zero-order valence-electron chi connectivity index (χ0n) is 10.4. The summed E-state index contributed by atoms with van der Waals surface area (Å²) in [7, 11) is 0. The van der Waals surface area contributed by atoms with Gasteiger partial charge in [-0.25, -0.2) is 5.48 Å². The van der Waals surface area contributed by atoms with Gasteiger partial charge in [0.05, 0.1) is 6.10 Å². The van der Waals surface area contributed by atoms with E-state index in [-0.39, 0.29) is 0 Å². The Morgan fingerprint density at radius 2 is 2.00 bits per heavy atom. The van der Waals surface area contributed by atoms with E-state index in [1.54, 1.807) is 0 Å². The molecule has 0 spiro atoms. The zero-order valence-corrected chi connectivity index (χ0v) is 10.4. The Balaban J connectivity index is 2.00. The highest BCUT2D eigenvalue weighted by atomic mass is 16.7. The Morgan fingerprint density at radius 3 is 2.60 bits per heavy atom. The van der Waals surface area contributed by atoms with E-state index in [0.717, 1.165) is 12.5 Å². The van der Waals surface area contributed by atoms with Crippen molar-refractivity contribution >= 4 is 0 Å². The second kappa shape index (κ2) is 8.12. The van der Waals surface area contributed by atoms with Crippen molar-refractivity contribution in [2.75, 3.05) is 6.54 Å². The normalized spacial score (nSPS) is 19.6. The molecule has 0 aromatic rings. The molecule has 1 atom stereocenters. The third kappa shape index (κ3) is 5.53. The Labute approximate surface area is 94.7 Å². The van der Waals surface area contributed by atoms with Crippen molar-refractivity contribution in [3.8, 4) is 0 Å². The van der Waals surface area contributed by atoms with Crippen molar-refractivity contribution in [1.29, 1.82) is 0 Å². The molecular formula is C13H27NO. The number of rotatable bonds is 8. The standard InChI is InChI=1S/C13H27NO/c1-3-5-8-12(4-2)11-14-15-13-9-6-7-10-13/h12-14H,3-11H2,1-2H3. The van der Waals surface area contributed by atoms with Gasteiger partial charge in [0.2, 0.25) is 0 Å². The largest absolute Gasteiger partial charge is 0.299 e. The SMILES string of the molecule is CCCCC(CC)CNOC1CCCC1. The van der Waals surface area contributed by atoms with Gasteiger partial charge >= 0.3 is 0 Å². The first-order valence-electron chi connectivity index (χ1n) is 6.75. The first-order chi connectivity index (χ1) is 7.36. The molecule has 0 heterocycles. The predicted molar refractivity (Wildman–Crippen MR) is 64.6 cm³/mol. The number of hydroxylamine groups is 1. The summed E-state index contributed by atoms with van der Waals surface area (Å²) >= 11 is 0. The van der Waals surface area contributed by atoms with Crippen LogP contribution in [0.2, 0.25) is 0 Å². The van der Waals surface area contributed by atoms with Crippen molar-refractivity contribution < 1.29 is 4.84 Å². The molecule has 2 nitrogen and oxygen atoms in total. The van der Waals surface area contributed by atoms with Gasteiger partial charge in [-0.3, -0.25) is 4.84 Å². The maximum absolute atomic E-state index is 5.67. The molecule has 0 radical (unpaired) electrons. The minimum atomic E-state index is 0.494. The third-order valence-electron chi connectivity index (χ3n) is 3.47. The summed E-state index contributed by atoms with van der Waals surface area (Å²) in [5.41, 5.74) is 3.19. The minimum Gasteiger partial charge on any atom is -0.299 e. The van der Waals surface area contributed by atoms with Crippen LogP contribution in [0.5, 0.6) is 0 Å². The quantitative estimate of drug-likeness (QED) is 0.621. The molecule has 0 bridgehead atoms. The molecule has 15 heavy (non-hydrogen) atoms. The summed E-state index contributed by atoms with van der Waals surface area (Å²) in [6.45, 7) is 5.57. The molecule has 90 valence electrons. The molecule has 1 N–H and O–H groups in total. The van der Waals surface area contributed by atoms with Crippen molar-refractivity contribution in [2.24, 2.45) is 5.92 Å². The van der Waals surface area contributed by atoms with E-state index in [2.05, 4.69) is 19.3 Å². The highest BCUT2D eigenvalue weighted by Crippen LogP contribution is 2.20. The fraction of sp³-hybridized carbons (Fsp3) is 1.00. The van der Waals surface area contributed by atoms with E-state index in [1.807, 2.05) is 0 Å². The molecule has 2 heteroatoms. The molecule has 0 saturated heterocycles. The van der Waals surface area contributed by atoms with E-state index in [9.17, 15) is 0 Å². The topological polar surface area (TPSA) is 21.3 Å². The lowest BCUT2D eigenvalue weighted by Gasteiger charge is -2.17. The van der Waals surface area contributed by atoms with Crippen LogP contribution in [-0.4, -0.2) is 12.6 Å². The van der Waals surface area contributed by atoms with Crippen molar-refractivity contribution in [2.45, 2.75) is 71.3 Å². The van der Waals surface area contributed by atoms with Crippen LogP contribution in [0.25, 0.3) is 0 Å². The fourth-order valence-corrected chi connectivity index (χ4v) is 2.23. The van der Waals surface area contributed by atoms with E-state index in [1.165, 1.54) is 51.4 Å². The predicted octanol–water partition coefficient (Wildman–Crippen LogP) is 3.67. The maximum Gasteiger partial charge on any atom is 0.0790 e. The van der Waals surface area contributed by atoms with Crippen LogP contribution in [-0.2, 0) is 4.84 Å². The van der Waals surface area contributed by atoms with Crippen LogP contribution in [0.3, 0.4) is 0 Å². The first-order valence-corrected chi connectivity index (χ1v) is 6.75. The van der Waals surface area contributed by atoms with E-state index >= 15 is 0 Å². The van der Waals surface area contributed by atoms with Crippen LogP contribution in [0.1, 0.15) is 65.2 Å². The van der Waals surface area contributed by atoms with Crippen LogP contribution >= 0.6 is 0 Å². The van der Waals surface area contributed by atoms with Gasteiger partial charge in [0.15, 0.2) is 0 Å². The average Bonchev–Trinajstić information content (AvgIpc) is 2.76. The lowest BCUT2D eigenvalue weighted by Crippen LogP contribution is -2.27. The zero-order chi connectivity index (χ0) is 10.9. The number of hydrogen-bond donors (Lipinski definition) is 1. The monoisotopic (exact) mass is 213 g/mol. The summed E-state index contributed by atoms with van der Waals surface area (Å²) in [6.07, 6.45) is 10.9. The second-order valence-electron chi connectivity index (χ2n) is 4.79. The van der Waals surface area contributed by atoms with Gasteiger partial charge in [0.25, 0.3) is 0 Å². The first kappa shape index (κ1) is 13.0. The molecule has 1 aliphatic carbocycles.